The molecule has 0 aliphatic carbocycles. The molecule has 0 saturated heterocycles. The molecule has 6 heteroatoms. The van der Waals surface area contributed by atoms with Gasteiger partial charge in [-0.2, -0.15) is 0 Å². The first-order valence-electron chi connectivity index (χ1n) is 6.86. The molecule has 0 unspecified atom stereocenters. The van der Waals surface area contributed by atoms with Crippen molar-refractivity contribution in [2.45, 2.75) is 6.92 Å². The van der Waals surface area contributed by atoms with E-state index in [0.29, 0.717) is 17.3 Å². The zero-order valence-corrected chi connectivity index (χ0v) is 11.9. The maximum Gasteiger partial charge on any atom is 0.179 e. The van der Waals surface area contributed by atoms with E-state index in [1.807, 2.05) is 41.8 Å². The molecule has 0 spiro atoms. The van der Waals surface area contributed by atoms with Crippen molar-refractivity contribution in [1.82, 2.24) is 29.5 Å². The third kappa shape index (κ3) is 2.01. The fourth-order valence-corrected chi connectivity index (χ4v) is 2.36. The lowest BCUT2D eigenvalue weighted by molar-refractivity contribution is 1.08. The standard InChI is InChI=1S/C16H12N6/c1-11-4-2-3-5-13(11)15-18-8-12(9-19-15)16-21-20-14-10-17-6-7-22(14)16/h2-10H,1H3. The fourth-order valence-electron chi connectivity index (χ4n) is 2.36. The molecule has 0 fully saturated rings. The Morgan fingerprint density at radius 3 is 2.59 bits per heavy atom. The van der Waals surface area contributed by atoms with Crippen molar-refractivity contribution in [2.24, 2.45) is 0 Å². The number of fused-ring (bicyclic) bond motifs is 1. The van der Waals surface area contributed by atoms with Gasteiger partial charge in [0.15, 0.2) is 17.3 Å². The molecule has 0 atom stereocenters. The van der Waals surface area contributed by atoms with Crippen molar-refractivity contribution < 1.29 is 0 Å². The molecule has 22 heavy (non-hydrogen) atoms. The highest BCUT2D eigenvalue weighted by molar-refractivity contribution is 5.62. The minimum atomic E-state index is 0.695. The Morgan fingerprint density at radius 2 is 1.77 bits per heavy atom. The van der Waals surface area contributed by atoms with Gasteiger partial charge < -0.3 is 0 Å². The quantitative estimate of drug-likeness (QED) is 0.567. The van der Waals surface area contributed by atoms with Gasteiger partial charge in [-0.1, -0.05) is 24.3 Å². The molecule has 1 aromatic carbocycles. The van der Waals surface area contributed by atoms with Crippen LogP contribution >= 0.6 is 0 Å². The first-order chi connectivity index (χ1) is 10.8. The lowest BCUT2D eigenvalue weighted by Gasteiger charge is -2.04. The summed E-state index contributed by atoms with van der Waals surface area (Å²) in [6.45, 7) is 2.05. The summed E-state index contributed by atoms with van der Waals surface area (Å²) in [7, 11) is 0. The van der Waals surface area contributed by atoms with Crippen LogP contribution in [-0.4, -0.2) is 29.5 Å². The molecule has 0 amide bonds. The molecule has 3 heterocycles. The SMILES string of the molecule is Cc1ccccc1-c1ncc(-c2nnc3cnccn23)cn1. The lowest BCUT2D eigenvalue weighted by atomic mass is 10.1. The molecule has 0 N–H and O–H groups in total. The van der Waals surface area contributed by atoms with E-state index >= 15 is 0 Å². The Balaban J connectivity index is 1.78. The summed E-state index contributed by atoms with van der Waals surface area (Å²) >= 11 is 0. The van der Waals surface area contributed by atoms with Crippen LogP contribution in [0.3, 0.4) is 0 Å². The molecule has 0 aliphatic rings. The Bertz CT molecular complexity index is 942. The van der Waals surface area contributed by atoms with E-state index < -0.39 is 0 Å². The molecule has 0 radical (unpaired) electrons. The van der Waals surface area contributed by atoms with Crippen LogP contribution in [0.25, 0.3) is 28.4 Å². The Hall–Kier alpha value is -3.15. The number of aryl methyl sites for hydroxylation is 1. The number of hydrogen-bond acceptors (Lipinski definition) is 5. The van der Waals surface area contributed by atoms with E-state index in [1.165, 1.54) is 0 Å². The van der Waals surface area contributed by atoms with Crippen molar-refractivity contribution in [2.75, 3.05) is 0 Å². The van der Waals surface area contributed by atoms with Gasteiger partial charge in [0.25, 0.3) is 0 Å². The van der Waals surface area contributed by atoms with Gasteiger partial charge in [0, 0.05) is 30.4 Å². The van der Waals surface area contributed by atoms with Crippen molar-refractivity contribution in [3.05, 3.63) is 60.8 Å². The highest BCUT2D eigenvalue weighted by Crippen LogP contribution is 2.21. The van der Waals surface area contributed by atoms with Crippen molar-refractivity contribution in [3.8, 4) is 22.8 Å². The van der Waals surface area contributed by atoms with E-state index in [0.717, 1.165) is 16.7 Å². The van der Waals surface area contributed by atoms with E-state index in [4.69, 9.17) is 0 Å². The van der Waals surface area contributed by atoms with E-state index in [2.05, 4.69) is 25.1 Å². The van der Waals surface area contributed by atoms with Gasteiger partial charge in [-0.05, 0) is 12.5 Å². The molecule has 0 saturated carbocycles. The zero-order chi connectivity index (χ0) is 14.9. The molecule has 0 aliphatic heterocycles. The molecule has 4 aromatic rings. The van der Waals surface area contributed by atoms with Crippen molar-refractivity contribution >= 4 is 5.65 Å². The summed E-state index contributed by atoms with van der Waals surface area (Å²) in [5.74, 6) is 1.41. The van der Waals surface area contributed by atoms with Crippen molar-refractivity contribution in [1.29, 1.82) is 0 Å². The normalized spacial score (nSPS) is 11.0. The van der Waals surface area contributed by atoms with Gasteiger partial charge in [0.05, 0.1) is 11.8 Å². The molecule has 106 valence electrons. The second-order valence-corrected chi connectivity index (χ2v) is 4.94. The highest BCUT2D eigenvalue weighted by atomic mass is 15.3. The Kier molecular flexibility index (Phi) is 2.86. The summed E-state index contributed by atoms with van der Waals surface area (Å²) in [5.41, 5.74) is 3.69. The molecule has 4 rings (SSSR count). The monoisotopic (exact) mass is 288 g/mol. The van der Waals surface area contributed by atoms with Crippen LogP contribution in [0.4, 0.5) is 0 Å². The number of nitrogens with zero attached hydrogens (tertiary/aromatic N) is 6. The topological polar surface area (TPSA) is 68.9 Å². The van der Waals surface area contributed by atoms with Crippen LogP contribution in [0, 0.1) is 6.92 Å². The first-order valence-corrected chi connectivity index (χ1v) is 6.86. The van der Waals surface area contributed by atoms with Gasteiger partial charge in [0.2, 0.25) is 0 Å². The lowest BCUT2D eigenvalue weighted by Crippen LogP contribution is -1.94. The number of aromatic nitrogens is 6. The number of benzene rings is 1. The fraction of sp³-hybridized carbons (Fsp3) is 0.0625. The van der Waals surface area contributed by atoms with Crippen LogP contribution in [0.5, 0.6) is 0 Å². The molecular weight excluding hydrogens is 276 g/mol. The second kappa shape index (κ2) is 5.00. The molecular formula is C16H12N6. The van der Waals surface area contributed by atoms with Gasteiger partial charge in [-0.3, -0.25) is 9.38 Å². The predicted molar refractivity (Wildman–Crippen MR) is 82.0 cm³/mol. The molecule has 3 aromatic heterocycles. The average Bonchev–Trinajstić information content (AvgIpc) is 3.00. The Labute approximate surface area is 126 Å². The third-order valence-corrected chi connectivity index (χ3v) is 3.51. The smallest absolute Gasteiger partial charge is 0.179 e. The first kappa shape index (κ1) is 12.6. The number of hydrogen-bond donors (Lipinski definition) is 0. The third-order valence-electron chi connectivity index (χ3n) is 3.51. The maximum atomic E-state index is 4.46. The molecule has 6 nitrogen and oxygen atoms in total. The van der Waals surface area contributed by atoms with Crippen molar-refractivity contribution in [3.63, 3.8) is 0 Å². The number of rotatable bonds is 2. The summed E-state index contributed by atoms with van der Waals surface area (Å²) in [6, 6.07) is 8.05. The highest BCUT2D eigenvalue weighted by Gasteiger charge is 2.10. The van der Waals surface area contributed by atoms with Crippen LogP contribution in [-0.2, 0) is 0 Å². The van der Waals surface area contributed by atoms with Crippen LogP contribution in [0.1, 0.15) is 5.56 Å². The van der Waals surface area contributed by atoms with E-state index in [-0.39, 0.29) is 0 Å². The molecule has 0 bridgehead atoms. The summed E-state index contributed by atoms with van der Waals surface area (Å²) in [6.07, 6.45) is 8.72. The van der Waals surface area contributed by atoms with Gasteiger partial charge in [0.1, 0.15) is 0 Å². The van der Waals surface area contributed by atoms with Gasteiger partial charge in [-0.15, -0.1) is 10.2 Å². The second-order valence-electron chi connectivity index (χ2n) is 4.94. The predicted octanol–water partition coefficient (Wildman–Crippen LogP) is 2.56. The van der Waals surface area contributed by atoms with Crippen LogP contribution < -0.4 is 0 Å². The van der Waals surface area contributed by atoms with Crippen LogP contribution in [0.2, 0.25) is 0 Å². The summed E-state index contributed by atoms with van der Waals surface area (Å²) in [5, 5.41) is 8.26. The minimum Gasteiger partial charge on any atom is -0.279 e. The maximum absolute atomic E-state index is 4.46. The van der Waals surface area contributed by atoms with Gasteiger partial charge in [-0.25, -0.2) is 9.97 Å². The van der Waals surface area contributed by atoms with Crippen LogP contribution in [0.15, 0.2) is 55.2 Å². The van der Waals surface area contributed by atoms with E-state index in [1.54, 1.807) is 24.8 Å². The van der Waals surface area contributed by atoms with Gasteiger partial charge >= 0.3 is 0 Å². The van der Waals surface area contributed by atoms with E-state index in [9.17, 15) is 0 Å². The minimum absolute atomic E-state index is 0.695. The average molecular weight is 288 g/mol. The zero-order valence-electron chi connectivity index (χ0n) is 11.9. The largest absolute Gasteiger partial charge is 0.279 e. The summed E-state index contributed by atoms with van der Waals surface area (Å²) in [4.78, 5) is 13.0. The summed E-state index contributed by atoms with van der Waals surface area (Å²) < 4.78 is 1.86. The Morgan fingerprint density at radius 1 is 0.955 bits per heavy atom.